The van der Waals surface area contributed by atoms with Crippen LogP contribution in [-0.4, -0.2) is 33.1 Å². The Morgan fingerprint density at radius 3 is 2.91 bits per heavy atom. The predicted molar refractivity (Wildman–Crippen MR) is 85.9 cm³/mol. The van der Waals surface area contributed by atoms with Gasteiger partial charge < -0.3 is 9.88 Å². The summed E-state index contributed by atoms with van der Waals surface area (Å²) in [6.45, 7) is 2.75. The molecule has 6 heteroatoms. The number of aromatic amines is 1. The SMILES string of the molecule is Cc1nc2c(c(=O)[nH]1)CN(C(=O)CSc1ccccc1)CC2. The van der Waals surface area contributed by atoms with Crippen molar-refractivity contribution in [2.45, 2.75) is 24.8 Å². The molecule has 1 N–H and O–H groups in total. The van der Waals surface area contributed by atoms with E-state index in [0.29, 0.717) is 36.7 Å². The molecule has 0 atom stereocenters. The van der Waals surface area contributed by atoms with Crippen LogP contribution in [0.4, 0.5) is 0 Å². The molecule has 0 unspecified atom stereocenters. The van der Waals surface area contributed by atoms with Gasteiger partial charge in [-0.25, -0.2) is 4.98 Å². The van der Waals surface area contributed by atoms with Gasteiger partial charge in [0.15, 0.2) is 0 Å². The van der Waals surface area contributed by atoms with Crippen molar-refractivity contribution >= 4 is 17.7 Å². The fraction of sp³-hybridized carbons (Fsp3) is 0.312. The Morgan fingerprint density at radius 2 is 2.14 bits per heavy atom. The van der Waals surface area contributed by atoms with Crippen molar-refractivity contribution in [1.29, 1.82) is 0 Å². The van der Waals surface area contributed by atoms with Gasteiger partial charge in [0.1, 0.15) is 5.82 Å². The number of amides is 1. The maximum absolute atomic E-state index is 12.3. The second-order valence-corrected chi connectivity index (χ2v) is 6.29. The third-order valence-electron chi connectivity index (χ3n) is 3.65. The molecule has 0 radical (unpaired) electrons. The molecule has 5 nitrogen and oxygen atoms in total. The Balaban J connectivity index is 1.67. The lowest BCUT2D eigenvalue weighted by atomic mass is 10.1. The topological polar surface area (TPSA) is 66.1 Å². The standard InChI is InChI=1S/C16H17N3O2S/c1-11-17-14-7-8-19(9-13(14)16(21)18-11)15(20)10-22-12-5-3-2-4-6-12/h2-6H,7-10H2,1H3,(H,17,18,21). The quantitative estimate of drug-likeness (QED) is 0.877. The summed E-state index contributed by atoms with van der Waals surface area (Å²) < 4.78 is 0. The number of fused-ring (bicyclic) bond motifs is 1. The van der Waals surface area contributed by atoms with E-state index in [4.69, 9.17) is 0 Å². The molecule has 114 valence electrons. The molecule has 1 aliphatic rings. The molecule has 0 saturated carbocycles. The minimum Gasteiger partial charge on any atom is -0.337 e. The average molecular weight is 315 g/mol. The van der Waals surface area contributed by atoms with Crippen LogP contribution in [0.25, 0.3) is 0 Å². The number of hydrogen-bond donors (Lipinski definition) is 1. The largest absolute Gasteiger partial charge is 0.337 e. The first-order valence-electron chi connectivity index (χ1n) is 7.18. The number of carbonyl (C=O) groups excluding carboxylic acids is 1. The van der Waals surface area contributed by atoms with Crippen LogP contribution in [0, 0.1) is 6.92 Å². The second-order valence-electron chi connectivity index (χ2n) is 5.24. The van der Waals surface area contributed by atoms with E-state index in [1.807, 2.05) is 30.3 Å². The fourth-order valence-electron chi connectivity index (χ4n) is 2.52. The van der Waals surface area contributed by atoms with Gasteiger partial charge in [-0.05, 0) is 19.1 Å². The Bertz CT molecular complexity index is 743. The molecule has 2 aromatic rings. The highest BCUT2D eigenvalue weighted by Gasteiger charge is 2.23. The highest BCUT2D eigenvalue weighted by molar-refractivity contribution is 8.00. The molecular formula is C16H17N3O2S. The highest BCUT2D eigenvalue weighted by atomic mass is 32.2. The summed E-state index contributed by atoms with van der Waals surface area (Å²) in [6, 6.07) is 9.84. The Labute approximate surface area is 132 Å². The van der Waals surface area contributed by atoms with Gasteiger partial charge in [0.25, 0.3) is 5.56 Å². The number of nitrogens with one attached hydrogen (secondary N) is 1. The van der Waals surface area contributed by atoms with Crippen molar-refractivity contribution in [3.8, 4) is 0 Å². The summed E-state index contributed by atoms with van der Waals surface area (Å²) in [6.07, 6.45) is 0.641. The summed E-state index contributed by atoms with van der Waals surface area (Å²) in [4.78, 5) is 34.2. The van der Waals surface area contributed by atoms with Gasteiger partial charge in [-0.3, -0.25) is 9.59 Å². The molecule has 1 aromatic heterocycles. The van der Waals surface area contributed by atoms with Crippen molar-refractivity contribution in [3.63, 3.8) is 0 Å². The first-order valence-corrected chi connectivity index (χ1v) is 8.16. The number of carbonyl (C=O) groups is 1. The smallest absolute Gasteiger partial charge is 0.256 e. The van der Waals surface area contributed by atoms with Gasteiger partial charge in [0.2, 0.25) is 5.91 Å². The molecule has 3 rings (SSSR count). The molecule has 22 heavy (non-hydrogen) atoms. The number of H-pyrrole nitrogens is 1. The monoisotopic (exact) mass is 315 g/mol. The van der Waals surface area contributed by atoms with Crippen LogP contribution in [0.5, 0.6) is 0 Å². The van der Waals surface area contributed by atoms with Gasteiger partial charge >= 0.3 is 0 Å². The van der Waals surface area contributed by atoms with E-state index in [0.717, 1.165) is 10.6 Å². The Morgan fingerprint density at radius 1 is 1.36 bits per heavy atom. The van der Waals surface area contributed by atoms with E-state index in [2.05, 4.69) is 9.97 Å². The van der Waals surface area contributed by atoms with Crippen molar-refractivity contribution in [3.05, 3.63) is 57.8 Å². The molecule has 0 bridgehead atoms. The molecule has 0 fully saturated rings. The highest BCUT2D eigenvalue weighted by Crippen LogP contribution is 2.19. The van der Waals surface area contributed by atoms with Gasteiger partial charge in [0.05, 0.1) is 23.6 Å². The Hall–Kier alpha value is -2.08. The minimum absolute atomic E-state index is 0.0551. The number of aryl methyl sites for hydroxylation is 1. The zero-order valence-corrected chi connectivity index (χ0v) is 13.2. The fourth-order valence-corrected chi connectivity index (χ4v) is 3.34. The number of hydrogen-bond acceptors (Lipinski definition) is 4. The van der Waals surface area contributed by atoms with Gasteiger partial charge in [-0.2, -0.15) is 0 Å². The van der Waals surface area contributed by atoms with E-state index in [-0.39, 0.29) is 11.5 Å². The first-order chi connectivity index (χ1) is 10.6. The van der Waals surface area contributed by atoms with Crippen LogP contribution < -0.4 is 5.56 Å². The minimum atomic E-state index is -0.129. The third-order valence-corrected chi connectivity index (χ3v) is 4.64. The van der Waals surface area contributed by atoms with Gasteiger partial charge in [0, 0.05) is 17.9 Å². The zero-order chi connectivity index (χ0) is 15.5. The second kappa shape index (κ2) is 6.36. The lowest BCUT2D eigenvalue weighted by Crippen LogP contribution is -2.40. The maximum Gasteiger partial charge on any atom is 0.256 e. The summed E-state index contributed by atoms with van der Waals surface area (Å²) in [5.41, 5.74) is 1.31. The van der Waals surface area contributed by atoms with E-state index in [9.17, 15) is 9.59 Å². The van der Waals surface area contributed by atoms with Crippen molar-refractivity contribution < 1.29 is 4.79 Å². The molecule has 1 amide bonds. The number of rotatable bonds is 3. The average Bonchev–Trinajstić information content (AvgIpc) is 2.53. The zero-order valence-electron chi connectivity index (χ0n) is 12.3. The molecule has 0 aliphatic carbocycles. The van der Waals surface area contributed by atoms with E-state index in [1.54, 1.807) is 11.8 Å². The molecule has 0 spiro atoms. The number of aromatic nitrogens is 2. The predicted octanol–water partition coefficient (Wildman–Crippen LogP) is 1.76. The lowest BCUT2D eigenvalue weighted by Gasteiger charge is -2.27. The molecule has 2 heterocycles. The van der Waals surface area contributed by atoms with E-state index in [1.165, 1.54) is 11.8 Å². The molecule has 1 aliphatic heterocycles. The molecular weight excluding hydrogens is 298 g/mol. The van der Waals surface area contributed by atoms with Crippen LogP contribution >= 0.6 is 11.8 Å². The van der Waals surface area contributed by atoms with E-state index < -0.39 is 0 Å². The summed E-state index contributed by atoms with van der Waals surface area (Å²) >= 11 is 1.52. The number of nitrogens with zero attached hydrogens (tertiary/aromatic N) is 2. The summed E-state index contributed by atoms with van der Waals surface area (Å²) in [7, 11) is 0. The summed E-state index contributed by atoms with van der Waals surface area (Å²) in [5.74, 6) is 1.07. The maximum atomic E-state index is 12.3. The summed E-state index contributed by atoms with van der Waals surface area (Å²) in [5, 5.41) is 0. The van der Waals surface area contributed by atoms with E-state index >= 15 is 0 Å². The third kappa shape index (κ3) is 3.22. The van der Waals surface area contributed by atoms with Crippen molar-refractivity contribution in [2.24, 2.45) is 0 Å². The van der Waals surface area contributed by atoms with Crippen LogP contribution in [0.15, 0.2) is 40.0 Å². The van der Waals surface area contributed by atoms with Crippen LogP contribution in [0.2, 0.25) is 0 Å². The normalized spacial score (nSPS) is 13.8. The van der Waals surface area contributed by atoms with Crippen LogP contribution in [-0.2, 0) is 17.8 Å². The number of thioether (sulfide) groups is 1. The van der Waals surface area contributed by atoms with Crippen molar-refractivity contribution in [2.75, 3.05) is 12.3 Å². The van der Waals surface area contributed by atoms with Crippen molar-refractivity contribution in [1.82, 2.24) is 14.9 Å². The number of benzene rings is 1. The van der Waals surface area contributed by atoms with Crippen LogP contribution in [0.3, 0.4) is 0 Å². The lowest BCUT2D eigenvalue weighted by molar-refractivity contribution is -0.129. The van der Waals surface area contributed by atoms with Crippen LogP contribution in [0.1, 0.15) is 17.1 Å². The van der Waals surface area contributed by atoms with Gasteiger partial charge in [-0.15, -0.1) is 11.8 Å². The molecule has 0 saturated heterocycles. The molecule has 1 aromatic carbocycles. The van der Waals surface area contributed by atoms with Gasteiger partial charge in [-0.1, -0.05) is 18.2 Å². The Kier molecular flexibility index (Phi) is 4.29. The first kappa shape index (κ1) is 14.8.